The third kappa shape index (κ3) is 3.83. The molecule has 1 heterocycles. The summed E-state index contributed by atoms with van der Waals surface area (Å²) in [4.78, 5) is 24.1. The Morgan fingerprint density at radius 2 is 2.19 bits per heavy atom. The number of nitrogens with zero attached hydrogens (tertiary/aromatic N) is 1. The fraction of sp³-hybridized carbons (Fsp3) is 0.833. The van der Waals surface area contributed by atoms with Gasteiger partial charge in [0, 0.05) is 26.4 Å². The summed E-state index contributed by atoms with van der Waals surface area (Å²) in [5.74, 6) is 0.307. The molecule has 0 bridgehead atoms. The molecule has 2 atom stereocenters. The van der Waals surface area contributed by atoms with E-state index in [0.717, 1.165) is 25.9 Å². The Balaban J connectivity index is 2.26. The first kappa shape index (κ1) is 13.0. The van der Waals surface area contributed by atoms with E-state index >= 15 is 0 Å². The molecule has 0 aromatic rings. The van der Waals surface area contributed by atoms with Crippen LogP contribution in [-0.2, 0) is 14.3 Å². The first-order valence-corrected chi connectivity index (χ1v) is 5.95. The van der Waals surface area contributed by atoms with Gasteiger partial charge in [-0.25, -0.2) is 0 Å². The fourth-order valence-electron chi connectivity index (χ4n) is 1.91. The van der Waals surface area contributed by atoms with E-state index < -0.39 is 0 Å². The topological polar surface area (TPSA) is 46.6 Å². The Morgan fingerprint density at radius 3 is 2.69 bits per heavy atom. The van der Waals surface area contributed by atoms with Crippen LogP contribution in [-0.4, -0.2) is 36.0 Å². The van der Waals surface area contributed by atoms with Crippen molar-refractivity contribution < 1.29 is 14.3 Å². The second-order valence-corrected chi connectivity index (χ2v) is 4.56. The average Bonchev–Trinajstić information content (AvgIpc) is 2.59. The molecule has 1 rings (SSSR count). The van der Waals surface area contributed by atoms with E-state index in [-0.39, 0.29) is 23.9 Å². The zero-order valence-electron chi connectivity index (χ0n) is 10.4. The number of hydrogen-bond donors (Lipinski definition) is 0. The molecule has 92 valence electrons. The lowest BCUT2D eigenvalue weighted by Crippen LogP contribution is -2.29. The molecule has 0 aromatic heterocycles. The highest BCUT2D eigenvalue weighted by Gasteiger charge is 2.22. The highest BCUT2D eigenvalue weighted by atomic mass is 16.5. The minimum Gasteiger partial charge on any atom is -0.463 e. The van der Waals surface area contributed by atoms with Gasteiger partial charge >= 0.3 is 5.97 Å². The number of rotatable bonds is 5. The Labute approximate surface area is 96.9 Å². The largest absolute Gasteiger partial charge is 0.463 e. The van der Waals surface area contributed by atoms with Gasteiger partial charge in [0.25, 0.3) is 0 Å². The molecule has 0 radical (unpaired) electrons. The van der Waals surface area contributed by atoms with Gasteiger partial charge < -0.3 is 9.64 Å². The van der Waals surface area contributed by atoms with Gasteiger partial charge in [-0.05, 0) is 25.7 Å². The third-order valence-corrected chi connectivity index (χ3v) is 3.18. The second-order valence-electron chi connectivity index (χ2n) is 4.56. The van der Waals surface area contributed by atoms with Crippen LogP contribution >= 0.6 is 0 Å². The van der Waals surface area contributed by atoms with Crippen LogP contribution in [0.1, 0.15) is 40.0 Å². The number of hydrogen-bond acceptors (Lipinski definition) is 3. The molecular weight excluding hydrogens is 206 g/mol. The standard InChI is InChI=1S/C12H21NO3/c1-9(10(2)16-11(3)14)6-8-13-7-4-5-12(13)15/h9-10H,4-8H2,1-3H3/t9?,10-/m0/s1. The molecule has 0 aromatic carbocycles. The van der Waals surface area contributed by atoms with Crippen molar-refractivity contribution in [3.8, 4) is 0 Å². The number of amides is 1. The maximum Gasteiger partial charge on any atom is 0.302 e. The van der Waals surface area contributed by atoms with Gasteiger partial charge in [-0.3, -0.25) is 9.59 Å². The van der Waals surface area contributed by atoms with Crippen molar-refractivity contribution in [2.45, 2.75) is 46.1 Å². The zero-order valence-corrected chi connectivity index (χ0v) is 10.4. The Morgan fingerprint density at radius 1 is 1.50 bits per heavy atom. The second kappa shape index (κ2) is 5.87. The predicted molar refractivity (Wildman–Crippen MR) is 60.8 cm³/mol. The van der Waals surface area contributed by atoms with Crippen molar-refractivity contribution in [2.24, 2.45) is 5.92 Å². The van der Waals surface area contributed by atoms with Crippen LogP contribution in [0.15, 0.2) is 0 Å². The van der Waals surface area contributed by atoms with Gasteiger partial charge in [0.1, 0.15) is 6.10 Å². The van der Waals surface area contributed by atoms with Crippen LogP contribution in [0.2, 0.25) is 0 Å². The number of carbonyl (C=O) groups is 2. The summed E-state index contributed by atoms with van der Waals surface area (Å²) in [5, 5.41) is 0. The summed E-state index contributed by atoms with van der Waals surface area (Å²) in [6.45, 7) is 7.04. The molecule has 1 saturated heterocycles. The van der Waals surface area contributed by atoms with Crippen LogP contribution < -0.4 is 0 Å². The van der Waals surface area contributed by atoms with Crippen molar-refractivity contribution in [3.05, 3.63) is 0 Å². The summed E-state index contributed by atoms with van der Waals surface area (Å²) in [7, 11) is 0. The SMILES string of the molecule is CC(=O)O[C@@H](C)C(C)CCN1CCCC1=O. The summed E-state index contributed by atoms with van der Waals surface area (Å²) < 4.78 is 5.11. The maximum atomic E-state index is 11.4. The summed E-state index contributed by atoms with van der Waals surface area (Å²) in [6.07, 6.45) is 2.48. The predicted octanol–water partition coefficient (Wildman–Crippen LogP) is 1.59. The van der Waals surface area contributed by atoms with Gasteiger partial charge in [-0.2, -0.15) is 0 Å². The summed E-state index contributed by atoms with van der Waals surface area (Å²) in [6, 6.07) is 0. The lowest BCUT2D eigenvalue weighted by atomic mass is 10.0. The Bertz CT molecular complexity index is 265. The van der Waals surface area contributed by atoms with E-state index in [1.165, 1.54) is 6.92 Å². The van der Waals surface area contributed by atoms with Crippen molar-refractivity contribution in [2.75, 3.05) is 13.1 Å². The van der Waals surface area contributed by atoms with Crippen molar-refractivity contribution >= 4 is 11.9 Å². The molecular formula is C12H21NO3. The number of esters is 1. The molecule has 0 saturated carbocycles. The van der Waals surface area contributed by atoms with Gasteiger partial charge in [-0.15, -0.1) is 0 Å². The quantitative estimate of drug-likeness (QED) is 0.670. The number of carbonyl (C=O) groups excluding carboxylic acids is 2. The first-order chi connectivity index (χ1) is 7.50. The molecule has 16 heavy (non-hydrogen) atoms. The maximum absolute atomic E-state index is 11.4. The molecule has 0 spiro atoms. The Hall–Kier alpha value is -1.06. The normalized spacial score (nSPS) is 19.7. The van der Waals surface area contributed by atoms with Gasteiger partial charge in [0.2, 0.25) is 5.91 Å². The van der Waals surface area contributed by atoms with Crippen LogP contribution in [0, 0.1) is 5.92 Å². The highest BCUT2D eigenvalue weighted by molar-refractivity contribution is 5.77. The molecule has 1 aliphatic rings. The molecule has 4 heteroatoms. The molecule has 0 N–H and O–H groups in total. The number of ether oxygens (including phenoxy) is 1. The summed E-state index contributed by atoms with van der Waals surface area (Å²) >= 11 is 0. The number of likely N-dealkylation sites (tertiary alicyclic amines) is 1. The third-order valence-electron chi connectivity index (χ3n) is 3.18. The lowest BCUT2D eigenvalue weighted by molar-refractivity contribution is -0.148. The molecule has 1 aliphatic heterocycles. The van der Waals surface area contributed by atoms with Crippen LogP contribution in [0.3, 0.4) is 0 Å². The monoisotopic (exact) mass is 227 g/mol. The molecule has 1 unspecified atom stereocenters. The van der Waals surface area contributed by atoms with Gasteiger partial charge in [-0.1, -0.05) is 6.92 Å². The molecule has 4 nitrogen and oxygen atoms in total. The highest BCUT2D eigenvalue weighted by Crippen LogP contribution is 2.16. The smallest absolute Gasteiger partial charge is 0.302 e. The van der Waals surface area contributed by atoms with E-state index in [1.54, 1.807) is 0 Å². The average molecular weight is 227 g/mol. The van der Waals surface area contributed by atoms with Gasteiger partial charge in [0.05, 0.1) is 0 Å². The zero-order chi connectivity index (χ0) is 12.1. The van der Waals surface area contributed by atoms with E-state index in [0.29, 0.717) is 6.42 Å². The molecule has 0 aliphatic carbocycles. The van der Waals surface area contributed by atoms with Gasteiger partial charge in [0.15, 0.2) is 0 Å². The van der Waals surface area contributed by atoms with Crippen LogP contribution in [0.4, 0.5) is 0 Å². The van der Waals surface area contributed by atoms with E-state index in [1.807, 2.05) is 18.7 Å². The van der Waals surface area contributed by atoms with Crippen LogP contribution in [0.5, 0.6) is 0 Å². The van der Waals surface area contributed by atoms with Crippen LogP contribution in [0.25, 0.3) is 0 Å². The first-order valence-electron chi connectivity index (χ1n) is 5.95. The molecule has 1 amide bonds. The molecule has 1 fully saturated rings. The fourth-order valence-corrected chi connectivity index (χ4v) is 1.91. The minimum absolute atomic E-state index is 0.0739. The van der Waals surface area contributed by atoms with Crippen molar-refractivity contribution in [1.29, 1.82) is 0 Å². The van der Waals surface area contributed by atoms with E-state index in [9.17, 15) is 9.59 Å². The lowest BCUT2D eigenvalue weighted by Gasteiger charge is -2.22. The Kier molecular flexibility index (Phi) is 4.77. The summed E-state index contributed by atoms with van der Waals surface area (Å²) in [5.41, 5.74) is 0. The van der Waals surface area contributed by atoms with E-state index in [2.05, 4.69) is 0 Å². The van der Waals surface area contributed by atoms with E-state index in [4.69, 9.17) is 4.74 Å². The van der Waals surface area contributed by atoms with Crippen molar-refractivity contribution in [1.82, 2.24) is 4.90 Å². The minimum atomic E-state index is -0.239. The van der Waals surface area contributed by atoms with Crippen molar-refractivity contribution in [3.63, 3.8) is 0 Å².